The molecule has 2 amide bonds. The molecule has 2 rings (SSSR count). The van der Waals surface area contributed by atoms with Crippen LogP contribution in [-0.4, -0.2) is 36.9 Å². The summed E-state index contributed by atoms with van der Waals surface area (Å²) in [5.41, 5.74) is 2.91. The summed E-state index contributed by atoms with van der Waals surface area (Å²) in [4.78, 5) is 25.8. The number of halogens is 2. The predicted molar refractivity (Wildman–Crippen MR) is 94.6 cm³/mol. The molecule has 26 heavy (non-hydrogen) atoms. The lowest BCUT2D eigenvalue weighted by molar-refractivity contribution is -0.116. The number of hydrogen-bond acceptors (Lipinski definition) is 3. The number of amides is 2. The quantitative estimate of drug-likeness (QED) is 0.854. The number of hydrogen-bond donors (Lipinski definition) is 1. The Balaban J connectivity index is 1.97. The van der Waals surface area contributed by atoms with Crippen LogP contribution in [0.5, 0.6) is 5.75 Å². The highest BCUT2D eigenvalue weighted by Crippen LogP contribution is 2.17. The summed E-state index contributed by atoms with van der Waals surface area (Å²) < 4.78 is 28.5. The van der Waals surface area contributed by atoms with Crippen LogP contribution in [0.4, 0.5) is 14.5 Å². The van der Waals surface area contributed by atoms with Gasteiger partial charge >= 0.3 is 6.61 Å². The molecule has 0 fully saturated rings. The number of carbonyl (C=O) groups excluding carboxylic acids is 2. The third kappa shape index (κ3) is 5.27. The molecule has 5 nitrogen and oxygen atoms in total. The van der Waals surface area contributed by atoms with Gasteiger partial charge in [-0.05, 0) is 55.3 Å². The zero-order chi connectivity index (χ0) is 19.3. The van der Waals surface area contributed by atoms with Crippen molar-refractivity contribution in [3.63, 3.8) is 0 Å². The van der Waals surface area contributed by atoms with Crippen molar-refractivity contribution in [3.05, 3.63) is 59.2 Å². The van der Waals surface area contributed by atoms with Gasteiger partial charge in [0.2, 0.25) is 5.91 Å². The van der Waals surface area contributed by atoms with Gasteiger partial charge < -0.3 is 15.0 Å². The average molecular weight is 362 g/mol. The van der Waals surface area contributed by atoms with Crippen LogP contribution < -0.4 is 10.1 Å². The average Bonchev–Trinajstić information content (AvgIpc) is 2.57. The second kappa shape index (κ2) is 8.42. The summed E-state index contributed by atoms with van der Waals surface area (Å²) in [6.07, 6.45) is 0. The van der Waals surface area contributed by atoms with Crippen molar-refractivity contribution < 1.29 is 23.1 Å². The number of nitrogens with zero attached hydrogens (tertiary/aromatic N) is 1. The molecular formula is C19H20F2N2O3. The highest BCUT2D eigenvalue weighted by Gasteiger charge is 2.16. The lowest BCUT2D eigenvalue weighted by atomic mass is 10.1. The Hall–Kier alpha value is -2.96. The van der Waals surface area contributed by atoms with Gasteiger partial charge in [-0.3, -0.25) is 9.59 Å². The van der Waals surface area contributed by atoms with E-state index in [0.717, 1.165) is 11.1 Å². The number of ether oxygens (including phenoxy) is 1. The topological polar surface area (TPSA) is 58.6 Å². The maximum absolute atomic E-state index is 12.3. The summed E-state index contributed by atoms with van der Waals surface area (Å²) >= 11 is 0. The van der Waals surface area contributed by atoms with Gasteiger partial charge in [0.1, 0.15) is 5.75 Å². The van der Waals surface area contributed by atoms with E-state index in [4.69, 9.17) is 0 Å². The minimum atomic E-state index is -2.92. The van der Waals surface area contributed by atoms with Gasteiger partial charge in [0.05, 0.1) is 6.54 Å². The van der Waals surface area contributed by atoms with E-state index in [1.807, 2.05) is 32.0 Å². The first-order chi connectivity index (χ1) is 12.3. The molecule has 0 heterocycles. The Morgan fingerprint density at radius 3 is 2.38 bits per heavy atom. The molecule has 0 spiro atoms. The normalized spacial score (nSPS) is 10.5. The second-order valence-electron chi connectivity index (χ2n) is 5.93. The third-order valence-corrected chi connectivity index (χ3v) is 3.72. The van der Waals surface area contributed by atoms with E-state index < -0.39 is 12.5 Å². The number of rotatable bonds is 6. The summed E-state index contributed by atoms with van der Waals surface area (Å²) in [6, 6.07) is 11.0. The number of aryl methyl sites for hydroxylation is 2. The molecule has 0 unspecified atom stereocenters. The predicted octanol–water partition coefficient (Wildman–Crippen LogP) is 3.62. The highest BCUT2D eigenvalue weighted by molar-refractivity contribution is 5.99. The van der Waals surface area contributed by atoms with Crippen LogP contribution in [0, 0.1) is 13.8 Å². The van der Waals surface area contributed by atoms with Crippen molar-refractivity contribution in [2.75, 3.05) is 18.9 Å². The van der Waals surface area contributed by atoms with Crippen LogP contribution in [-0.2, 0) is 4.79 Å². The number of anilines is 1. The fourth-order valence-corrected chi connectivity index (χ4v) is 2.35. The van der Waals surface area contributed by atoms with Gasteiger partial charge in [-0.1, -0.05) is 12.1 Å². The lowest BCUT2D eigenvalue weighted by Gasteiger charge is -2.18. The largest absolute Gasteiger partial charge is 0.435 e. The summed E-state index contributed by atoms with van der Waals surface area (Å²) in [6.45, 7) is 0.744. The van der Waals surface area contributed by atoms with E-state index in [0.29, 0.717) is 5.69 Å². The van der Waals surface area contributed by atoms with E-state index >= 15 is 0 Å². The van der Waals surface area contributed by atoms with E-state index in [-0.39, 0.29) is 23.8 Å². The van der Waals surface area contributed by atoms with E-state index in [1.165, 1.54) is 36.2 Å². The fourth-order valence-electron chi connectivity index (χ4n) is 2.35. The molecule has 0 aliphatic rings. The molecule has 7 heteroatoms. The van der Waals surface area contributed by atoms with Crippen molar-refractivity contribution in [2.45, 2.75) is 20.5 Å². The standard InChI is InChI=1S/C19H20F2N2O3/c1-12-4-5-13(2)16(10-12)22-17(24)11-23(3)18(25)14-6-8-15(9-7-14)26-19(20)21/h4-10,19H,11H2,1-3H3,(H,22,24). The summed E-state index contributed by atoms with van der Waals surface area (Å²) in [5, 5.41) is 2.78. The van der Waals surface area contributed by atoms with Crippen LogP contribution in [0.15, 0.2) is 42.5 Å². The lowest BCUT2D eigenvalue weighted by Crippen LogP contribution is -2.35. The van der Waals surface area contributed by atoms with Crippen LogP contribution in [0.3, 0.4) is 0 Å². The number of benzene rings is 2. The highest BCUT2D eigenvalue weighted by atomic mass is 19.3. The molecule has 0 saturated heterocycles. The van der Waals surface area contributed by atoms with Crippen LogP contribution >= 0.6 is 0 Å². The molecule has 138 valence electrons. The van der Waals surface area contributed by atoms with Gasteiger partial charge in [-0.15, -0.1) is 0 Å². The fraction of sp³-hybridized carbons (Fsp3) is 0.263. The zero-order valence-corrected chi connectivity index (χ0v) is 14.8. The van der Waals surface area contributed by atoms with Crippen molar-refractivity contribution in [2.24, 2.45) is 0 Å². The Bertz CT molecular complexity index is 792. The summed E-state index contributed by atoms with van der Waals surface area (Å²) in [7, 11) is 1.49. The van der Waals surface area contributed by atoms with Gasteiger partial charge in [-0.25, -0.2) is 0 Å². The smallest absolute Gasteiger partial charge is 0.387 e. The number of carbonyl (C=O) groups is 2. The van der Waals surface area contributed by atoms with Gasteiger partial charge in [0.25, 0.3) is 5.91 Å². The molecule has 0 radical (unpaired) electrons. The molecule has 0 atom stereocenters. The molecule has 2 aromatic rings. The molecule has 0 bridgehead atoms. The number of likely N-dealkylation sites (N-methyl/N-ethyl adjacent to an activating group) is 1. The minimum absolute atomic E-state index is 0.0353. The van der Waals surface area contributed by atoms with Crippen molar-refractivity contribution in [3.8, 4) is 5.75 Å². The molecule has 1 N–H and O–H groups in total. The maximum atomic E-state index is 12.3. The zero-order valence-electron chi connectivity index (χ0n) is 14.8. The van der Waals surface area contributed by atoms with Gasteiger partial charge in [0, 0.05) is 18.3 Å². The van der Waals surface area contributed by atoms with Crippen LogP contribution in [0.2, 0.25) is 0 Å². The van der Waals surface area contributed by atoms with Crippen LogP contribution in [0.25, 0.3) is 0 Å². The molecule has 0 aromatic heterocycles. The van der Waals surface area contributed by atoms with E-state index in [2.05, 4.69) is 10.1 Å². The Kier molecular flexibility index (Phi) is 6.27. The second-order valence-corrected chi connectivity index (χ2v) is 5.93. The Morgan fingerprint density at radius 2 is 1.77 bits per heavy atom. The van der Waals surface area contributed by atoms with Crippen molar-refractivity contribution >= 4 is 17.5 Å². The van der Waals surface area contributed by atoms with E-state index in [9.17, 15) is 18.4 Å². The SMILES string of the molecule is Cc1ccc(C)c(NC(=O)CN(C)C(=O)c2ccc(OC(F)F)cc2)c1. The van der Waals surface area contributed by atoms with Gasteiger partial charge in [-0.2, -0.15) is 8.78 Å². The number of alkyl halides is 2. The van der Waals surface area contributed by atoms with Crippen molar-refractivity contribution in [1.29, 1.82) is 0 Å². The molecule has 0 aliphatic carbocycles. The van der Waals surface area contributed by atoms with Crippen LogP contribution in [0.1, 0.15) is 21.5 Å². The first-order valence-electron chi connectivity index (χ1n) is 7.93. The minimum Gasteiger partial charge on any atom is -0.435 e. The first-order valence-corrected chi connectivity index (χ1v) is 7.93. The third-order valence-electron chi connectivity index (χ3n) is 3.72. The maximum Gasteiger partial charge on any atom is 0.387 e. The first kappa shape index (κ1) is 19.4. The Labute approximate surface area is 150 Å². The number of nitrogens with one attached hydrogen (secondary N) is 1. The Morgan fingerprint density at radius 1 is 1.12 bits per heavy atom. The molecule has 0 saturated carbocycles. The monoisotopic (exact) mass is 362 g/mol. The summed E-state index contributed by atoms with van der Waals surface area (Å²) in [5.74, 6) is -0.760. The molecular weight excluding hydrogens is 342 g/mol. The van der Waals surface area contributed by atoms with Crippen molar-refractivity contribution in [1.82, 2.24) is 4.90 Å². The molecule has 2 aromatic carbocycles. The van der Waals surface area contributed by atoms with E-state index in [1.54, 1.807) is 0 Å². The van der Waals surface area contributed by atoms with Gasteiger partial charge in [0.15, 0.2) is 0 Å². The molecule has 0 aliphatic heterocycles.